The molecule has 0 amide bonds. The van der Waals surface area contributed by atoms with Crippen LogP contribution in [0.2, 0.25) is 0 Å². The lowest BCUT2D eigenvalue weighted by Crippen LogP contribution is -2.31. The molecule has 18 heavy (non-hydrogen) atoms. The Morgan fingerprint density at radius 2 is 2.22 bits per heavy atom. The Morgan fingerprint density at radius 1 is 1.44 bits per heavy atom. The Bertz CT molecular complexity index is 663. The van der Waals surface area contributed by atoms with Gasteiger partial charge in [0.1, 0.15) is 5.82 Å². The van der Waals surface area contributed by atoms with E-state index in [1.807, 2.05) is 29.5 Å². The van der Waals surface area contributed by atoms with Crippen LogP contribution in [-0.2, 0) is 13.0 Å². The van der Waals surface area contributed by atoms with Crippen LogP contribution in [0.1, 0.15) is 22.9 Å². The fraction of sp³-hybridized carbons (Fsp3) is 0.286. The minimum absolute atomic E-state index is 0.0764. The van der Waals surface area contributed by atoms with E-state index in [1.165, 1.54) is 11.1 Å². The summed E-state index contributed by atoms with van der Waals surface area (Å²) in [6, 6.07) is 8.45. The maximum Gasteiger partial charge on any atom is 0.266 e. The quantitative estimate of drug-likeness (QED) is 0.779. The van der Waals surface area contributed by atoms with Gasteiger partial charge in [0.2, 0.25) is 0 Å². The smallest absolute Gasteiger partial charge is 0.266 e. The predicted molar refractivity (Wildman–Crippen MR) is 78.8 cm³/mol. The van der Waals surface area contributed by atoms with E-state index < -0.39 is 0 Å². The van der Waals surface area contributed by atoms with Crippen molar-refractivity contribution in [1.82, 2.24) is 9.55 Å². The van der Waals surface area contributed by atoms with Crippen LogP contribution >= 0.6 is 22.6 Å². The van der Waals surface area contributed by atoms with Crippen molar-refractivity contribution in [2.75, 3.05) is 0 Å². The highest BCUT2D eigenvalue weighted by Crippen LogP contribution is 2.35. The topological polar surface area (TPSA) is 34.9 Å². The Morgan fingerprint density at radius 3 is 3.00 bits per heavy atom. The molecule has 92 valence electrons. The van der Waals surface area contributed by atoms with Crippen LogP contribution < -0.4 is 5.56 Å². The Kier molecular flexibility index (Phi) is 2.97. The molecule has 2 aromatic rings. The van der Waals surface area contributed by atoms with E-state index in [2.05, 4.69) is 29.2 Å². The number of aryl methyl sites for hydroxylation is 1. The normalized spacial score (nSPS) is 17.1. The lowest BCUT2D eigenvalue weighted by molar-refractivity contribution is 0.483. The first kappa shape index (κ1) is 11.9. The Labute approximate surface area is 119 Å². The van der Waals surface area contributed by atoms with E-state index in [0.717, 1.165) is 18.8 Å². The minimum Gasteiger partial charge on any atom is -0.295 e. The summed E-state index contributed by atoms with van der Waals surface area (Å²) in [6.45, 7) is 2.63. The molecule has 0 aliphatic heterocycles. The summed E-state index contributed by atoms with van der Waals surface area (Å²) in [5.74, 6) is 1.25. The summed E-state index contributed by atoms with van der Waals surface area (Å²) in [5.41, 5.74) is 2.86. The standard InChI is InChI=1S/C14H13IN2O/c1-9-16-7-13(15)14(18)17(9)8-11-6-10-4-2-3-5-12(10)11/h2-5,7,11H,6,8H2,1H3. The van der Waals surface area contributed by atoms with E-state index in [4.69, 9.17) is 0 Å². The van der Waals surface area contributed by atoms with Crippen molar-refractivity contribution in [3.63, 3.8) is 0 Å². The van der Waals surface area contributed by atoms with E-state index in [-0.39, 0.29) is 5.56 Å². The largest absolute Gasteiger partial charge is 0.295 e. The van der Waals surface area contributed by atoms with Crippen LogP contribution in [-0.4, -0.2) is 9.55 Å². The molecule has 3 rings (SSSR count). The van der Waals surface area contributed by atoms with Gasteiger partial charge >= 0.3 is 0 Å². The molecule has 1 heterocycles. The molecule has 0 saturated heterocycles. The average molecular weight is 352 g/mol. The Balaban J connectivity index is 1.92. The van der Waals surface area contributed by atoms with Crippen LogP contribution in [0, 0.1) is 10.5 Å². The first-order chi connectivity index (χ1) is 8.66. The number of halogens is 1. The van der Waals surface area contributed by atoms with Gasteiger partial charge < -0.3 is 0 Å². The van der Waals surface area contributed by atoms with Gasteiger partial charge in [0.05, 0.1) is 3.57 Å². The van der Waals surface area contributed by atoms with E-state index in [0.29, 0.717) is 9.49 Å². The minimum atomic E-state index is 0.0764. The molecule has 1 unspecified atom stereocenters. The predicted octanol–water partition coefficient (Wildman–Crippen LogP) is 2.50. The first-order valence-corrected chi connectivity index (χ1v) is 7.04. The molecule has 3 nitrogen and oxygen atoms in total. The van der Waals surface area contributed by atoms with Crippen molar-refractivity contribution in [1.29, 1.82) is 0 Å². The zero-order chi connectivity index (χ0) is 12.7. The van der Waals surface area contributed by atoms with Crippen LogP contribution in [0.4, 0.5) is 0 Å². The summed E-state index contributed by atoms with van der Waals surface area (Å²) < 4.78 is 2.48. The Hall–Kier alpha value is -1.17. The highest BCUT2D eigenvalue weighted by atomic mass is 127. The lowest BCUT2D eigenvalue weighted by Gasteiger charge is -2.30. The maximum atomic E-state index is 12.1. The number of aromatic nitrogens is 2. The number of hydrogen-bond acceptors (Lipinski definition) is 2. The molecule has 0 radical (unpaired) electrons. The fourth-order valence-corrected chi connectivity index (χ4v) is 2.94. The van der Waals surface area contributed by atoms with E-state index >= 15 is 0 Å². The third kappa shape index (κ3) is 1.88. The molecule has 1 aromatic carbocycles. The van der Waals surface area contributed by atoms with Crippen molar-refractivity contribution in [3.05, 3.63) is 61.3 Å². The molecule has 0 saturated carbocycles. The van der Waals surface area contributed by atoms with Gasteiger partial charge in [-0.3, -0.25) is 9.36 Å². The molecule has 0 spiro atoms. The molecule has 1 aliphatic rings. The van der Waals surface area contributed by atoms with E-state index in [9.17, 15) is 4.79 Å². The average Bonchev–Trinajstić information content (AvgIpc) is 2.35. The summed E-state index contributed by atoms with van der Waals surface area (Å²) in [7, 11) is 0. The highest BCUT2D eigenvalue weighted by molar-refractivity contribution is 14.1. The number of benzene rings is 1. The fourth-order valence-electron chi connectivity index (χ4n) is 2.51. The third-order valence-electron chi connectivity index (χ3n) is 3.57. The lowest BCUT2D eigenvalue weighted by atomic mass is 9.77. The van der Waals surface area contributed by atoms with Gasteiger partial charge in [-0.25, -0.2) is 4.98 Å². The van der Waals surface area contributed by atoms with Gasteiger partial charge in [0.25, 0.3) is 5.56 Å². The van der Waals surface area contributed by atoms with Gasteiger partial charge in [0, 0.05) is 18.7 Å². The molecule has 1 atom stereocenters. The van der Waals surface area contributed by atoms with Crippen molar-refractivity contribution < 1.29 is 0 Å². The SMILES string of the molecule is Cc1ncc(I)c(=O)n1CC1Cc2ccccc21. The highest BCUT2D eigenvalue weighted by Gasteiger charge is 2.26. The second-order valence-corrected chi connectivity index (χ2v) is 5.83. The van der Waals surface area contributed by atoms with Crippen molar-refractivity contribution in [2.45, 2.75) is 25.8 Å². The molecule has 0 bridgehead atoms. The molecular weight excluding hydrogens is 339 g/mol. The van der Waals surface area contributed by atoms with Crippen molar-refractivity contribution in [3.8, 4) is 0 Å². The summed E-state index contributed by atoms with van der Waals surface area (Å²) in [6.07, 6.45) is 2.71. The van der Waals surface area contributed by atoms with Crippen molar-refractivity contribution in [2.24, 2.45) is 0 Å². The molecule has 1 aromatic heterocycles. The summed E-state index contributed by atoms with van der Waals surface area (Å²) in [5, 5.41) is 0. The zero-order valence-electron chi connectivity index (χ0n) is 10.1. The van der Waals surface area contributed by atoms with Gasteiger partial charge in [-0.1, -0.05) is 24.3 Å². The zero-order valence-corrected chi connectivity index (χ0v) is 12.2. The second-order valence-electron chi connectivity index (χ2n) is 4.67. The molecule has 1 aliphatic carbocycles. The summed E-state index contributed by atoms with van der Waals surface area (Å²) >= 11 is 2.05. The first-order valence-electron chi connectivity index (χ1n) is 5.96. The van der Waals surface area contributed by atoms with Crippen LogP contribution in [0.3, 0.4) is 0 Å². The van der Waals surface area contributed by atoms with Crippen molar-refractivity contribution >= 4 is 22.6 Å². The second kappa shape index (κ2) is 4.50. The van der Waals surface area contributed by atoms with Crippen LogP contribution in [0.25, 0.3) is 0 Å². The number of nitrogens with zero attached hydrogens (tertiary/aromatic N) is 2. The van der Waals surface area contributed by atoms with Gasteiger partial charge in [0.15, 0.2) is 0 Å². The summed E-state index contributed by atoms with van der Waals surface area (Å²) in [4.78, 5) is 16.4. The van der Waals surface area contributed by atoms with E-state index in [1.54, 1.807) is 10.8 Å². The number of rotatable bonds is 2. The maximum absolute atomic E-state index is 12.1. The van der Waals surface area contributed by atoms with Gasteiger partial charge in [-0.05, 0) is 47.1 Å². The van der Waals surface area contributed by atoms with Gasteiger partial charge in [-0.2, -0.15) is 0 Å². The monoisotopic (exact) mass is 352 g/mol. The van der Waals surface area contributed by atoms with Crippen LogP contribution in [0.5, 0.6) is 0 Å². The third-order valence-corrected chi connectivity index (χ3v) is 4.31. The molecule has 4 heteroatoms. The number of hydrogen-bond donors (Lipinski definition) is 0. The van der Waals surface area contributed by atoms with Crippen LogP contribution in [0.15, 0.2) is 35.3 Å². The van der Waals surface area contributed by atoms with Gasteiger partial charge in [-0.15, -0.1) is 0 Å². The molecule has 0 fully saturated rings. The molecular formula is C14H13IN2O. The molecule has 0 N–H and O–H groups in total. The number of fused-ring (bicyclic) bond motifs is 1.